The average molecular weight is 308 g/mol. The van der Waals surface area contributed by atoms with E-state index < -0.39 is 0 Å². The van der Waals surface area contributed by atoms with Crippen molar-refractivity contribution in [1.29, 1.82) is 0 Å². The molecule has 21 heavy (non-hydrogen) atoms. The Morgan fingerprint density at radius 3 is 2.43 bits per heavy atom. The molecule has 1 amide bonds. The molecule has 1 aliphatic carbocycles. The molecule has 0 unspecified atom stereocenters. The van der Waals surface area contributed by atoms with E-state index in [0.29, 0.717) is 6.04 Å². The van der Waals surface area contributed by atoms with Gasteiger partial charge in [-0.25, -0.2) is 0 Å². The van der Waals surface area contributed by atoms with Gasteiger partial charge in [-0.1, -0.05) is 32.1 Å². The van der Waals surface area contributed by atoms with Crippen LogP contribution in [0.1, 0.15) is 57.4 Å². The third kappa shape index (κ3) is 5.42. The van der Waals surface area contributed by atoms with Crippen LogP contribution in [0.5, 0.6) is 0 Å². The number of aromatic nitrogens is 1. The van der Waals surface area contributed by atoms with Crippen LogP contribution < -0.4 is 5.32 Å². The lowest BCUT2D eigenvalue weighted by atomic mass is 9.96. The van der Waals surface area contributed by atoms with Crippen molar-refractivity contribution in [3.05, 3.63) is 24.5 Å². The summed E-state index contributed by atoms with van der Waals surface area (Å²) in [5.74, 6) is 1.21. The fourth-order valence-corrected chi connectivity index (χ4v) is 3.56. The number of thioether (sulfide) groups is 1. The summed E-state index contributed by atoms with van der Waals surface area (Å²) in [4.78, 5) is 12.7. The number of hydrogen-bond acceptors (Lipinski definition) is 2. The first-order valence-electron chi connectivity index (χ1n) is 8.23. The molecule has 0 aliphatic heterocycles. The molecule has 1 saturated carbocycles. The summed E-state index contributed by atoms with van der Waals surface area (Å²) in [7, 11) is 0. The Balaban J connectivity index is 1.93. The Kier molecular flexibility index (Phi) is 7.20. The van der Waals surface area contributed by atoms with Crippen molar-refractivity contribution in [3.8, 4) is 0 Å². The molecule has 1 fully saturated rings. The molecule has 0 aromatic carbocycles. The summed E-state index contributed by atoms with van der Waals surface area (Å²) in [5.41, 5.74) is 0. The van der Waals surface area contributed by atoms with Gasteiger partial charge in [-0.15, -0.1) is 0 Å². The Bertz CT molecular complexity index is 397. The topological polar surface area (TPSA) is 34.0 Å². The molecular weight excluding hydrogens is 280 g/mol. The van der Waals surface area contributed by atoms with Gasteiger partial charge in [0, 0.05) is 18.4 Å². The van der Waals surface area contributed by atoms with Crippen molar-refractivity contribution < 1.29 is 4.79 Å². The van der Waals surface area contributed by atoms with Gasteiger partial charge in [-0.3, -0.25) is 4.79 Å². The van der Waals surface area contributed by atoms with Crippen LogP contribution in [0.25, 0.3) is 0 Å². The highest BCUT2D eigenvalue weighted by Crippen LogP contribution is 2.20. The second kappa shape index (κ2) is 9.19. The maximum absolute atomic E-state index is 12.7. The number of carbonyl (C=O) groups excluding carboxylic acids is 1. The molecule has 1 aliphatic rings. The van der Waals surface area contributed by atoms with E-state index in [1.807, 2.05) is 24.5 Å². The van der Waals surface area contributed by atoms with Crippen LogP contribution in [-0.2, 0) is 4.79 Å². The maximum Gasteiger partial charge on any atom is 0.243 e. The van der Waals surface area contributed by atoms with Crippen molar-refractivity contribution in [2.75, 3.05) is 12.0 Å². The molecule has 2 rings (SSSR count). The van der Waals surface area contributed by atoms with Gasteiger partial charge >= 0.3 is 0 Å². The molecule has 0 radical (unpaired) electrons. The Morgan fingerprint density at radius 1 is 1.19 bits per heavy atom. The van der Waals surface area contributed by atoms with Crippen LogP contribution in [0.2, 0.25) is 0 Å². The van der Waals surface area contributed by atoms with Crippen LogP contribution >= 0.6 is 11.8 Å². The second-order valence-electron chi connectivity index (χ2n) is 5.98. The predicted octanol–water partition coefficient (Wildman–Crippen LogP) is 4.01. The lowest BCUT2D eigenvalue weighted by Gasteiger charge is -2.25. The van der Waals surface area contributed by atoms with Gasteiger partial charge in [0.1, 0.15) is 6.04 Å². The summed E-state index contributed by atoms with van der Waals surface area (Å²) in [5, 5.41) is 3.31. The van der Waals surface area contributed by atoms with Crippen molar-refractivity contribution in [1.82, 2.24) is 9.88 Å². The average Bonchev–Trinajstić information content (AvgIpc) is 2.96. The maximum atomic E-state index is 12.7. The summed E-state index contributed by atoms with van der Waals surface area (Å²) < 4.78 is 2.05. The predicted molar refractivity (Wildman–Crippen MR) is 90.7 cm³/mol. The lowest BCUT2D eigenvalue weighted by Crippen LogP contribution is -2.40. The Morgan fingerprint density at radius 2 is 1.81 bits per heavy atom. The number of nitrogens with zero attached hydrogens (tertiary/aromatic N) is 1. The molecule has 118 valence electrons. The smallest absolute Gasteiger partial charge is 0.243 e. The molecule has 1 aromatic rings. The van der Waals surface area contributed by atoms with E-state index in [1.54, 1.807) is 11.8 Å². The van der Waals surface area contributed by atoms with Crippen LogP contribution in [0, 0.1) is 0 Å². The molecule has 1 atom stereocenters. The fourth-order valence-electron chi connectivity index (χ4n) is 3.10. The summed E-state index contributed by atoms with van der Waals surface area (Å²) in [6.45, 7) is 0. The molecule has 4 heteroatoms. The lowest BCUT2D eigenvalue weighted by molar-refractivity contribution is -0.125. The first kappa shape index (κ1) is 16.5. The van der Waals surface area contributed by atoms with E-state index in [2.05, 4.69) is 16.1 Å². The number of amides is 1. The highest BCUT2D eigenvalue weighted by Gasteiger charge is 2.22. The van der Waals surface area contributed by atoms with E-state index in [9.17, 15) is 4.79 Å². The number of rotatable bonds is 6. The zero-order valence-electron chi connectivity index (χ0n) is 13.1. The van der Waals surface area contributed by atoms with E-state index in [1.165, 1.54) is 32.1 Å². The minimum Gasteiger partial charge on any atom is -0.352 e. The van der Waals surface area contributed by atoms with Crippen molar-refractivity contribution in [3.63, 3.8) is 0 Å². The molecule has 0 saturated heterocycles. The zero-order valence-corrected chi connectivity index (χ0v) is 13.9. The zero-order chi connectivity index (χ0) is 14.9. The third-order valence-corrected chi connectivity index (χ3v) is 4.98. The second-order valence-corrected chi connectivity index (χ2v) is 6.96. The van der Waals surface area contributed by atoms with Crippen molar-refractivity contribution in [2.45, 2.75) is 63.5 Å². The van der Waals surface area contributed by atoms with E-state index in [-0.39, 0.29) is 11.9 Å². The Hall–Kier alpha value is -0.900. The van der Waals surface area contributed by atoms with Gasteiger partial charge in [0.15, 0.2) is 0 Å². The molecule has 1 aromatic heterocycles. The summed E-state index contributed by atoms with van der Waals surface area (Å²) >= 11 is 1.80. The third-order valence-electron chi connectivity index (χ3n) is 4.34. The van der Waals surface area contributed by atoms with Crippen molar-refractivity contribution in [2.24, 2.45) is 0 Å². The minimum absolute atomic E-state index is 0.0575. The molecular formula is C17H28N2OS. The number of nitrogens with one attached hydrogen (secondary N) is 1. The molecule has 1 N–H and O–H groups in total. The van der Waals surface area contributed by atoms with Gasteiger partial charge in [-0.05, 0) is 43.4 Å². The van der Waals surface area contributed by atoms with Gasteiger partial charge in [-0.2, -0.15) is 11.8 Å². The van der Waals surface area contributed by atoms with Gasteiger partial charge in [0.05, 0.1) is 0 Å². The van der Waals surface area contributed by atoms with Gasteiger partial charge in [0.2, 0.25) is 5.91 Å². The first-order valence-corrected chi connectivity index (χ1v) is 9.62. The summed E-state index contributed by atoms with van der Waals surface area (Å²) in [6, 6.07) is 4.31. The molecule has 1 heterocycles. The first-order chi connectivity index (χ1) is 10.3. The SMILES string of the molecule is CSCC[C@@H](C(=O)NC1CCCCCCC1)n1cccc1. The monoisotopic (exact) mass is 308 g/mol. The minimum atomic E-state index is -0.0575. The van der Waals surface area contributed by atoms with Gasteiger partial charge in [0.25, 0.3) is 0 Å². The van der Waals surface area contributed by atoms with Crippen molar-refractivity contribution >= 4 is 17.7 Å². The largest absolute Gasteiger partial charge is 0.352 e. The molecule has 0 bridgehead atoms. The molecule has 3 nitrogen and oxygen atoms in total. The quantitative estimate of drug-likeness (QED) is 0.861. The Labute approximate surface area is 132 Å². The van der Waals surface area contributed by atoms with E-state index in [4.69, 9.17) is 0 Å². The number of hydrogen-bond donors (Lipinski definition) is 1. The highest BCUT2D eigenvalue weighted by molar-refractivity contribution is 7.98. The highest BCUT2D eigenvalue weighted by atomic mass is 32.2. The van der Waals surface area contributed by atoms with Crippen LogP contribution in [0.4, 0.5) is 0 Å². The van der Waals surface area contributed by atoms with Crippen LogP contribution in [-0.4, -0.2) is 28.5 Å². The van der Waals surface area contributed by atoms with E-state index in [0.717, 1.165) is 25.0 Å². The van der Waals surface area contributed by atoms with E-state index >= 15 is 0 Å². The normalized spacial score (nSPS) is 18.7. The standard InChI is InChI=1S/C17H28N2OS/c1-21-14-11-16(19-12-7-8-13-19)17(20)18-15-9-5-3-2-4-6-10-15/h7-8,12-13,15-16H,2-6,9-11,14H2,1H3,(H,18,20)/t16-/m0/s1. The van der Waals surface area contributed by atoms with Crippen LogP contribution in [0.15, 0.2) is 24.5 Å². The van der Waals surface area contributed by atoms with Gasteiger partial charge < -0.3 is 9.88 Å². The summed E-state index contributed by atoms with van der Waals surface area (Å²) in [6.07, 6.45) is 15.8. The molecule has 0 spiro atoms. The van der Waals surface area contributed by atoms with Crippen LogP contribution in [0.3, 0.4) is 0 Å². The fraction of sp³-hybridized carbons (Fsp3) is 0.706. The number of carbonyl (C=O) groups is 1.